The predicted octanol–water partition coefficient (Wildman–Crippen LogP) is 5.21. The van der Waals surface area contributed by atoms with E-state index in [0.29, 0.717) is 18.3 Å². The van der Waals surface area contributed by atoms with Crippen molar-refractivity contribution in [3.8, 4) is 11.4 Å². The normalized spacial score (nSPS) is 11.2. The van der Waals surface area contributed by atoms with Crippen molar-refractivity contribution < 1.29 is 0 Å². The quantitative estimate of drug-likeness (QED) is 0.461. The fraction of sp³-hybridized carbons (Fsp3) is 0.0455. The molecule has 0 radical (unpaired) electrons. The van der Waals surface area contributed by atoms with Crippen molar-refractivity contribution in [1.82, 2.24) is 19.6 Å². The fourth-order valence-electron chi connectivity index (χ4n) is 3.16. The van der Waals surface area contributed by atoms with Crippen LogP contribution in [0.15, 0.2) is 78.9 Å². The summed E-state index contributed by atoms with van der Waals surface area (Å²) in [6.45, 7) is 0.609. The highest BCUT2D eigenvalue weighted by molar-refractivity contribution is 6.30. The molecule has 0 unspecified atom stereocenters. The van der Waals surface area contributed by atoms with Gasteiger partial charge < -0.3 is 5.32 Å². The highest BCUT2D eigenvalue weighted by atomic mass is 35.5. The van der Waals surface area contributed by atoms with Gasteiger partial charge in [0.2, 0.25) is 5.95 Å². The number of para-hydroxylation sites is 1. The molecule has 1 N–H and O–H groups in total. The van der Waals surface area contributed by atoms with Crippen molar-refractivity contribution in [3.63, 3.8) is 0 Å². The minimum atomic E-state index is 0.609. The number of hydrogen-bond acceptors (Lipinski definition) is 4. The van der Waals surface area contributed by atoms with Crippen LogP contribution in [0.2, 0.25) is 5.02 Å². The molecule has 0 saturated heterocycles. The molecular weight excluding hydrogens is 370 g/mol. The van der Waals surface area contributed by atoms with Gasteiger partial charge in [-0.2, -0.15) is 4.52 Å². The van der Waals surface area contributed by atoms with E-state index in [9.17, 15) is 0 Å². The Kier molecular flexibility index (Phi) is 4.14. The van der Waals surface area contributed by atoms with Gasteiger partial charge in [-0.3, -0.25) is 0 Å². The summed E-state index contributed by atoms with van der Waals surface area (Å²) >= 11 is 5.98. The predicted molar refractivity (Wildman–Crippen MR) is 113 cm³/mol. The molecule has 5 nitrogen and oxygen atoms in total. The van der Waals surface area contributed by atoms with Gasteiger partial charge in [-0.15, -0.1) is 5.10 Å². The topological polar surface area (TPSA) is 55.1 Å². The van der Waals surface area contributed by atoms with E-state index < -0.39 is 0 Å². The van der Waals surface area contributed by atoms with Crippen LogP contribution in [0.5, 0.6) is 0 Å². The maximum absolute atomic E-state index is 5.98. The SMILES string of the molecule is Clc1ccc(CNc2nc3ccccc3c3nc(-c4ccccc4)nn23)cc1. The number of benzene rings is 3. The Labute approximate surface area is 166 Å². The molecule has 5 rings (SSSR count). The highest BCUT2D eigenvalue weighted by Crippen LogP contribution is 2.24. The molecule has 3 aromatic carbocycles. The lowest BCUT2D eigenvalue weighted by Crippen LogP contribution is -2.08. The largest absolute Gasteiger partial charge is 0.350 e. The first kappa shape index (κ1) is 16.7. The summed E-state index contributed by atoms with van der Waals surface area (Å²) in [4.78, 5) is 9.56. The van der Waals surface area contributed by atoms with Crippen LogP contribution < -0.4 is 5.32 Å². The van der Waals surface area contributed by atoms with Crippen LogP contribution in [-0.2, 0) is 6.54 Å². The summed E-state index contributed by atoms with van der Waals surface area (Å²) < 4.78 is 1.78. The monoisotopic (exact) mass is 385 g/mol. The van der Waals surface area contributed by atoms with Crippen LogP contribution >= 0.6 is 11.6 Å². The van der Waals surface area contributed by atoms with Gasteiger partial charge in [-0.1, -0.05) is 66.2 Å². The summed E-state index contributed by atoms with van der Waals surface area (Å²) in [5.41, 5.74) is 3.73. The lowest BCUT2D eigenvalue weighted by atomic mass is 10.2. The summed E-state index contributed by atoms with van der Waals surface area (Å²) in [7, 11) is 0. The summed E-state index contributed by atoms with van der Waals surface area (Å²) in [5, 5.41) is 9.79. The average molecular weight is 386 g/mol. The van der Waals surface area contributed by atoms with Crippen molar-refractivity contribution in [2.45, 2.75) is 6.54 Å². The number of halogens is 1. The van der Waals surface area contributed by atoms with Gasteiger partial charge in [0.1, 0.15) is 0 Å². The Balaban J connectivity index is 1.62. The smallest absolute Gasteiger partial charge is 0.226 e. The molecule has 0 aliphatic rings. The number of hydrogen-bond donors (Lipinski definition) is 1. The summed E-state index contributed by atoms with van der Waals surface area (Å²) in [6, 6.07) is 25.7. The molecule has 2 heterocycles. The third kappa shape index (κ3) is 3.06. The molecule has 0 amide bonds. The molecular formula is C22H16ClN5. The van der Waals surface area contributed by atoms with E-state index >= 15 is 0 Å². The van der Waals surface area contributed by atoms with Crippen LogP contribution in [0, 0.1) is 0 Å². The maximum Gasteiger partial charge on any atom is 0.226 e. The van der Waals surface area contributed by atoms with Crippen molar-refractivity contribution in [2.75, 3.05) is 5.32 Å². The Morgan fingerprint density at radius 1 is 0.821 bits per heavy atom. The van der Waals surface area contributed by atoms with Crippen molar-refractivity contribution >= 4 is 34.1 Å². The van der Waals surface area contributed by atoms with Gasteiger partial charge >= 0.3 is 0 Å². The summed E-state index contributed by atoms with van der Waals surface area (Å²) in [6.07, 6.45) is 0. The molecule has 0 atom stereocenters. The van der Waals surface area contributed by atoms with Crippen molar-refractivity contribution in [2.24, 2.45) is 0 Å². The molecule has 5 aromatic rings. The van der Waals surface area contributed by atoms with Crippen LogP contribution in [0.4, 0.5) is 5.95 Å². The van der Waals surface area contributed by atoms with E-state index in [1.54, 1.807) is 4.52 Å². The molecule has 0 saturated carbocycles. The zero-order valence-corrected chi connectivity index (χ0v) is 15.6. The molecule has 0 aliphatic carbocycles. The second-order valence-electron chi connectivity index (χ2n) is 6.47. The first-order valence-corrected chi connectivity index (χ1v) is 9.35. The van der Waals surface area contributed by atoms with Gasteiger partial charge in [0.25, 0.3) is 0 Å². The molecule has 136 valence electrons. The number of fused-ring (bicyclic) bond motifs is 3. The molecule has 0 bridgehead atoms. The molecule has 0 aliphatic heterocycles. The first-order chi connectivity index (χ1) is 13.8. The van der Waals surface area contributed by atoms with E-state index in [1.165, 1.54) is 0 Å². The third-order valence-electron chi connectivity index (χ3n) is 4.57. The van der Waals surface area contributed by atoms with Gasteiger partial charge in [0, 0.05) is 22.5 Å². The van der Waals surface area contributed by atoms with E-state index in [4.69, 9.17) is 26.7 Å². The maximum atomic E-state index is 5.98. The van der Waals surface area contributed by atoms with E-state index in [0.717, 1.165) is 32.7 Å². The van der Waals surface area contributed by atoms with E-state index in [2.05, 4.69) is 5.32 Å². The Morgan fingerprint density at radius 2 is 1.57 bits per heavy atom. The number of nitrogens with one attached hydrogen (secondary N) is 1. The standard InChI is InChI=1S/C22H16ClN5/c23-17-12-10-15(11-13-17)14-24-22-25-19-9-5-4-8-18(19)21-26-20(27-28(21)22)16-6-2-1-3-7-16/h1-13H,14H2,(H,24,25). The lowest BCUT2D eigenvalue weighted by molar-refractivity contribution is 0.920. The van der Waals surface area contributed by atoms with E-state index in [1.807, 2.05) is 78.9 Å². The minimum Gasteiger partial charge on any atom is -0.350 e. The van der Waals surface area contributed by atoms with Crippen LogP contribution in [0.25, 0.3) is 27.9 Å². The van der Waals surface area contributed by atoms with Gasteiger partial charge in [-0.05, 0) is 29.8 Å². The van der Waals surface area contributed by atoms with Crippen LogP contribution in [0.1, 0.15) is 5.56 Å². The second-order valence-corrected chi connectivity index (χ2v) is 6.91. The van der Waals surface area contributed by atoms with Crippen LogP contribution in [0.3, 0.4) is 0 Å². The zero-order valence-electron chi connectivity index (χ0n) is 14.9. The number of rotatable bonds is 4. The molecule has 6 heteroatoms. The number of aromatic nitrogens is 4. The second kappa shape index (κ2) is 6.94. The first-order valence-electron chi connectivity index (χ1n) is 8.97. The average Bonchev–Trinajstić information content (AvgIpc) is 3.20. The van der Waals surface area contributed by atoms with Gasteiger partial charge in [0.05, 0.1) is 5.52 Å². The van der Waals surface area contributed by atoms with Crippen LogP contribution in [-0.4, -0.2) is 19.6 Å². The lowest BCUT2D eigenvalue weighted by Gasteiger charge is -2.09. The Hall–Kier alpha value is -3.44. The van der Waals surface area contributed by atoms with Gasteiger partial charge in [-0.25, -0.2) is 9.97 Å². The molecule has 0 fully saturated rings. The number of nitrogens with zero attached hydrogens (tertiary/aromatic N) is 4. The Bertz CT molecular complexity index is 1260. The molecule has 0 spiro atoms. The van der Waals surface area contributed by atoms with E-state index in [-0.39, 0.29) is 0 Å². The van der Waals surface area contributed by atoms with Gasteiger partial charge in [0.15, 0.2) is 11.5 Å². The number of anilines is 1. The fourth-order valence-corrected chi connectivity index (χ4v) is 3.29. The molecule has 28 heavy (non-hydrogen) atoms. The summed E-state index contributed by atoms with van der Waals surface area (Å²) in [5.74, 6) is 1.33. The minimum absolute atomic E-state index is 0.609. The highest BCUT2D eigenvalue weighted by Gasteiger charge is 2.14. The zero-order chi connectivity index (χ0) is 18.9. The van der Waals surface area contributed by atoms with Crippen molar-refractivity contribution in [3.05, 3.63) is 89.4 Å². The van der Waals surface area contributed by atoms with Crippen molar-refractivity contribution in [1.29, 1.82) is 0 Å². The molecule has 2 aromatic heterocycles. The third-order valence-corrected chi connectivity index (χ3v) is 4.83. The Morgan fingerprint density at radius 3 is 2.39 bits per heavy atom.